The quantitative estimate of drug-likeness (QED) is 0.144. The first-order valence-electron chi connectivity index (χ1n) is 16.7. The van der Waals surface area contributed by atoms with Crippen LogP contribution in [0.3, 0.4) is 0 Å². The van der Waals surface area contributed by atoms with Crippen LogP contribution in [-0.2, 0) is 28.6 Å². The van der Waals surface area contributed by atoms with Crippen molar-refractivity contribution >= 4 is 17.9 Å². The minimum Gasteiger partial charge on any atom is -0.469 e. The van der Waals surface area contributed by atoms with Crippen LogP contribution in [0.5, 0.6) is 0 Å². The Bertz CT molecular complexity index is 1150. The highest BCUT2D eigenvalue weighted by atomic mass is 16.6. The SMILES string of the molecule is COC(=O)CC(=O)O[C@@H]1CC[C@@]2(C)C(CC[C@]3(C)C2C[C@@H](OC(C)=O)C2C(C(C)(O)C/C=C/C(C)(C)O)CC[C@]23C)C1(C)C. The van der Waals surface area contributed by atoms with E-state index in [1.54, 1.807) is 19.9 Å². The summed E-state index contributed by atoms with van der Waals surface area (Å²) in [5.41, 5.74) is -2.51. The summed E-state index contributed by atoms with van der Waals surface area (Å²) in [6.07, 6.45) is 9.23. The average Bonchev–Trinajstić information content (AvgIpc) is 3.26. The van der Waals surface area contributed by atoms with Crippen molar-refractivity contribution in [2.75, 3.05) is 7.11 Å². The zero-order valence-corrected chi connectivity index (χ0v) is 28.8. The van der Waals surface area contributed by atoms with Gasteiger partial charge in [-0.3, -0.25) is 14.4 Å². The van der Waals surface area contributed by atoms with Gasteiger partial charge in [-0.25, -0.2) is 0 Å². The maximum absolute atomic E-state index is 12.6. The molecule has 250 valence electrons. The van der Waals surface area contributed by atoms with E-state index >= 15 is 0 Å². The number of hydrogen-bond acceptors (Lipinski definition) is 8. The van der Waals surface area contributed by atoms with Crippen molar-refractivity contribution in [1.29, 1.82) is 0 Å². The number of ether oxygens (including phenoxy) is 3. The zero-order chi connectivity index (χ0) is 33.1. The predicted octanol–water partition coefficient (Wildman–Crippen LogP) is 6.16. The summed E-state index contributed by atoms with van der Waals surface area (Å²) >= 11 is 0. The van der Waals surface area contributed by atoms with Crippen molar-refractivity contribution in [3.8, 4) is 0 Å². The third kappa shape index (κ3) is 5.99. The number of aliphatic hydroxyl groups is 2. The summed E-state index contributed by atoms with van der Waals surface area (Å²) in [7, 11) is 1.27. The van der Waals surface area contributed by atoms with E-state index in [1.807, 2.05) is 13.0 Å². The molecule has 0 heterocycles. The number of methoxy groups -OCH3 is 1. The lowest BCUT2D eigenvalue weighted by Gasteiger charge is -2.70. The van der Waals surface area contributed by atoms with Crippen molar-refractivity contribution in [1.82, 2.24) is 0 Å². The Labute approximate surface area is 264 Å². The third-order valence-corrected chi connectivity index (χ3v) is 13.3. The van der Waals surface area contributed by atoms with Crippen LogP contribution in [0.1, 0.15) is 120 Å². The van der Waals surface area contributed by atoms with Gasteiger partial charge in [0.25, 0.3) is 0 Å². The summed E-state index contributed by atoms with van der Waals surface area (Å²) in [4.78, 5) is 36.9. The van der Waals surface area contributed by atoms with E-state index in [2.05, 4.69) is 39.4 Å². The van der Waals surface area contributed by atoms with Gasteiger partial charge < -0.3 is 24.4 Å². The Hall–Kier alpha value is -1.93. The van der Waals surface area contributed by atoms with Crippen molar-refractivity contribution in [2.24, 2.45) is 45.3 Å². The molecule has 4 rings (SSSR count). The van der Waals surface area contributed by atoms with Crippen LogP contribution >= 0.6 is 0 Å². The van der Waals surface area contributed by atoms with Crippen LogP contribution in [0, 0.1) is 45.3 Å². The number of hydrogen-bond donors (Lipinski definition) is 2. The van der Waals surface area contributed by atoms with Crippen LogP contribution in [0.2, 0.25) is 0 Å². The smallest absolute Gasteiger partial charge is 0.317 e. The first-order chi connectivity index (χ1) is 20.1. The number of fused-ring (bicyclic) bond motifs is 5. The van der Waals surface area contributed by atoms with Crippen LogP contribution in [0.4, 0.5) is 0 Å². The normalized spacial score (nSPS) is 41.1. The molecule has 44 heavy (non-hydrogen) atoms. The molecule has 0 radical (unpaired) electrons. The van der Waals surface area contributed by atoms with Gasteiger partial charge in [0.1, 0.15) is 18.6 Å². The second-order valence-corrected chi connectivity index (χ2v) is 16.7. The molecule has 10 atom stereocenters. The third-order valence-electron chi connectivity index (χ3n) is 13.3. The molecule has 4 saturated carbocycles. The number of rotatable bonds is 8. The highest BCUT2D eigenvalue weighted by molar-refractivity contribution is 5.91. The van der Waals surface area contributed by atoms with Crippen molar-refractivity contribution < 1.29 is 38.8 Å². The van der Waals surface area contributed by atoms with E-state index in [0.717, 1.165) is 38.5 Å². The molecule has 0 aromatic rings. The molecule has 0 aromatic heterocycles. The Balaban J connectivity index is 1.66. The van der Waals surface area contributed by atoms with Gasteiger partial charge in [0, 0.05) is 18.3 Å². The Morgan fingerprint density at radius 2 is 1.50 bits per heavy atom. The molecule has 0 amide bonds. The Morgan fingerprint density at radius 3 is 2.09 bits per heavy atom. The lowest BCUT2D eigenvalue weighted by Crippen LogP contribution is -2.67. The maximum Gasteiger partial charge on any atom is 0.317 e. The van der Waals surface area contributed by atoms with Gasteiger partial charge in [-0.05, 0) is 106 Å². The fourth-order valence-corrected chi connectivity index (χ4v) is 11.1. The predicted molar refractivity (Wildman–Crippen MR) is 167 cm³/mol. The van der Waals surface area contributed by atoms with E-state index in [1.165, 1.54) is 14.0 Å². The summed E-state index contributed by atoms with van der Waals surface area (Å²) in [6, 6.07) is 0. The first kappa shape index (κ1) is 34.9. The molecule has 8 nitrogen and oxygen atoms in total. The molecule has 0 saturated heterocycles. The Kier molecular flexibility index (Phi) is 9.29. The average molecular weight is 619 g/mol. The fraction of sp³-hybridized carbons (Fsp3) is 0.861. The summed E-state index contributed by atoms with van der Waals surface area (Å²) < 4.78 is 16.8. The molecule has 5 unspecified atom stereocenters. The fourth-order valence-electron chi connectivity index (χ4n) is 11.1. The van der Waals surface area contributed by atoms with Crippen LogP contribution < -0.4 is 0 Å². The van der Waals surface area contributed by atoms with E-state index in [9.17, 15) is 24.6 Å². The van der Waals surface area contributed by atoms with E-state index < -0.39 is 23.1 Å². The molecule has 2 N–H and O–H groups in total. The topological polar surface area (TPSA) is 119 Å². The maximum atomic E-state index is 12.6. The van der Waals surface area contributed by atoms with E-state index in [-0.39, 0.29) is 69.9 Å². The first-order valence-corrected chi connectivity index (χ1v) is 16.7. The second kappa shape index (κ2) is 11.7. The molecule has 0 aliphatic heterocycles. The van der Waals surface area contributed by atoms with Crippen molar-refractivity contribution in [2.45, 2.75) is 144 Å². The van der Waals surface area contributed by atoms with Crippen LogP contribution in [0.25, 0.3) is 0 Å². The van der Waals surface area contributed by atoms with Gasteiger partial charge >= 0.3 is 17.9 Å². The Morgan fingerprint density at radius 1 is 0.864 bits per heavy atom. The van der Waals surface area contributed by atoms with Gasteiger partial charge in [0.05, 0.1) is 18.3 Å². The molecule has 0 bridgehead atoms. The van der Waals surface area contributed by atoms with Gasteiger partial charge in [0.15, 0.2) is 0 Å². The highest BCUT2D eigenvalue weighted by Crippen LogP contribution is 2.76. The molecule has 0 spiro atoms. The lowest BCUT2D eigenvalue weighted by atomic mass is 9.35. The standard InChI is InChI=1S/C36H58O8/c1-22(37)43-24-20-26-33(6)17-14-27(44-29(39)21-28(38)42-10)32(4,5)25(33)13-19-34(26,7)35(8)18-12-23(30(24)35)36(9,41)16-11-15-31(2,3)40/h11,15,23-27,30,40-41H,12-14,16-21H2,1-10H3/b15-11+/t23?,24-,25?,26?,27-,30?,33+,34-,35-,36?/m1/s1. The number of esters is 3. The minimum absolute atomic E-state index is 0.0157. The van der Waals surface area contributed by atoms with Crippen molar-refractivity contribution in [3.63, 3.8) is 0 Å². The molecular formula is C36H58O8. The lowest BCUT2D eigenvalue weighted by molar-refractivity contribution is -0.252. The van der Waals surface area contributed by atoms with Gasteiger partial charge in [-0.15, -0.1) is 0 Å². The molecule has 8 heteroatoms. The molecule has 4 aliphatic carbocycles. The van der Waals surface area contributed by atoms with Crippen LogP contribution in [0.15, 0.2) is 12.2 Å². The number of carbonyl (C=O) groups is 3. The second-order valence-electron chi connectivity index (χ2n) is 16.7. The molecular weight excluding hydrogens is 560 g/mol. The molecule has 0 aromatic carbocycles. The largest absolute Gasteiger partial charge is 0.469 e. The van der Waals surface area contributed by atoms with Crippen molar-refractivity contribution in [3.05, 3.63) is 12.2 Å². The summed E-state index contributed by atoms with van der Waals surface area (Å²) in [5.74, 6) is -0.886. The van der Waals surface area contributed by atoms with Crippen LogP contribution in [-0.4, -0.2) is 58.6 Å². The summed E-state index contributed by atoms with van der Waals surface area (Å²) in [5, 5.41) is 22.1. The minimum atomic E-state index is -1.01. The van der Waals surface area contributed by atoms with Gasteiger partial charge in [-0.2, -0.15) is 0 Å². The van der Waals surface area contributed by atoms with Gasteiger partial charge in [-0.1, -0.05) is 46.8 Å². The highest BCUT2D eigenvalue weighted by Gasteiger charge is 2.72. The summed E-state index contributed by atoms with van der Waals surface area (Å²) in [6.45, 7) is 18.5. The number of carbonyl (C=O) groups excluding carboxylic acids is 3. The van der Waals surface area contributed by atoms with Gasteiger partial charge in [0.2, 0.25) is 0 Å². The monoisotopic (exact) mass is 618 g/mol. The molecule has 4 fully saturated rings. The zero-order valence-electron chi connectivity index (χ0n) is 28.8. The van der Waals surface area contributed by atoms with E-state index in [4.69, 9.17) is 9.47 Å². The molecule has 4 aliphatic rings. The van der Waals surface area contributed by atoms with E-state index in [0.29, 0.717) is 12.8 Å².